The Morgan fingerprint density at radius 2 is 1.03 bits per heavy atom. The zero-order valence-electron chi connectivity index (χ0n) is 23.4. The van der Waals surface area contributed by atoms with Gasteiger partial charge in [-0.15, -0.1) is 0 Å². The van der Waals surface area contributed by atoms with Crippen molar-refractivity contribution in [1.29, 1.82) is 0 Å². The van der Waals surface area contributed by atoms with Crippen LogP contribution in [0.2, 0.25) is 0 Å². The molecule has 4 heteroatoms. The molecule has 35 heavy (non-hydrogen) atoms. The van der Waals surface area contributed by atoms with E-state index in [1.165, 1.54) is 83.5 Å². The Balaban J connectivity index is 3.97. The lowest BCUT2D eigenvalue weighted by Gasteiger charge is -2.18. The minimum absolute atomic E-state index is 0.0260. The molecular weight excluding hydrogens is 436 g/mol. The molecule has 0 saturated heterocycles. The smallest absolute Gasteiger partial charge is 0.306 e. The standard InChI is InChI=1S/C31H58O4/c1-3-5-7-9-11-12-13-14-15-16-18-24-28-31(34)35-29(25-21-17-10-8-6-4-2)26-22-19-20-23-27-30(32)33/h11-12,29H,3-10,13-28H2,1-2H3,(H,32,33)/b12-11-. The molecule has 0 amide bonds. The van der Waals surface area contributed by atoms with Gasteiger partial charge < -0.3 is 9.84 Å². The van der Waals surface area contributed by atoms with Gasteiger partial charge in [0.1, 0.15) is 6.10 Å². The highest BCUT2D eigenvalue weighted by Crippen LogP contribution is 2.18. The van der Waals surface area contributed by atoms with Gasteiger partial charge in [-0.1, -0.05) is 103 Å². The Kier molecular flexibility index (Phi) is 26.2. The van der Waals surface area contributed by atoms with Gasteiger partial charge in [0.2, 0.25) is 0 Å². The maximum atomic E-state index is 12.4. The Morgan fingerprint density at radius 1 is 0.600 bits per heavy atom. The van der Waals surface area contributed by atoms with Crippen LogP contribution in [0.5, 0.6) is 0 Å². The van der Waals surface area contributed by atoms with Crippen molar-refractivity contribution >= 4 is 11.9 Å². The maximum absolute atomic E-state index is 12.4. The van der Waals surface area contributed by atoms with Gasteiger partial charge in [-0.05, 0) is 64.2 Å². The summed E-state index contributed by atoms with van der Waals surface area (Å²) in [6.07, 6.45) is 30.7. The van der Waals surface area contributed by atoms with Crippen molar-refractivity contribution in [3.05, 3.63) is 12.2 Å². The van der Waals surface area contributed by atoms with Crippen LogP contribution in [0.3, 0.4) is 0 Å². The average molecular weight is 495 g/mol. The first-order valence-corrected chi connectivity index (χ1v) is 15.2. The van der Waals surface area contributed by atoms with Gasteiger partial charge in [-0.3, -0.25) is 9.59 Å². The van der Waals surface area contributed by atoms with Crippen molar-refractivity contribution in [1.82, 2.24) is 0 Å². The molecule has 0 aromatic rings. The summed E-state index contributed by atoms with van der Waals surface area (Å²) < 4.78 is 5.88. The normalized spacial score (nSPS) is 12.3. The van der Waals surface area contributed by atoms with Gasteiger partial charge in [-0.2, -0.15) is 0 Å². The van der Waals surface area contributed by atoms with Crippen LogP contribution in [-0.2, 0) is 14.3 Å². The van der Waals surface area contributed by atoms with Crippen LogP contribution in [0.1, 0.15) is 168 Å². The molecule has 0 aliphatic heterocycles. The number of carbonyl (C=O) groups excluding carboxylic acids is 1. The minimum atomic E-state index is -0.713. The van der Waals surface area contributed by atoms with E-state index in [-0.39, 0.29) is 18.5 Å². The van der Waals surface area contributed by atoms with Crippen LogP contribution in [0.4, 0.5) is 0 Å². The number of rotatable bonds is 27. The van der Waals surface area contributed by atoms with Gasteiger partial charge in [0.05, 0.1) is 0 Å². The summed E-state index contributed by atoms with van der Waals surface area (Å²) in [6, 6.07) is 0. The van der Waals surface area contributed by atoms with Gasteiger partial charge in [-0.25, -0.2) is 0 Å². The summed E-state index contributed by atoms with van der Waals surface area (Å²) >= 11 is 0. The van der Waals surface area contributed by atoms with E-state index in [0.717, 1.165) is 57.8 Å². The monoisotopic (exact) mass is 494 g/mol. The molecule has 0 rings (SSSR count). The summed E-state index contributed by atoms with van der Waals surface area (Å²) in [4.78, 5) is 23.1. The predicted octanol–water partition coefficient (Wildman–Crippen LogP) is 9.94. The fourth-order valence-electron chi connectivity index (χ4n) is 4.47. The van der Waals surface area contributed by atoms with E-state index in [9.17, 15) is 9.59 Å². The van der Waals surface area contributed by atoms with E-state index in [2.05, 4.69) is 26.0 Å². The Hall–Kier alpha value is -1.32. The van der Waals surface area contributed by atoms with Crippen LogP contribution in [-0.4, -0.2) is 23.1 Å². The van der Waals surface area contributed by atoms with E-state index < -0.39 is 5.97 Å². The molecule has 0 fully saturated rings. The Bertz CT molecular complexity index is 500. The molecule has 0 aromatic carbocycles. The van der Waals surface area contributed by atoms with E-state index in [4.69, 9.17) is 9.84 Å². The first-order chi connectivity index (χ1) is 17.1. The molecule has 1 N–H and O–H groups in total. The van der Waals surface area contributed by atoms with Crippen LogP contribution in [0, 0.1) is 0 Å². The molecule has 0 spiro atoms. The van der Waals surface area contributed by atoms with Gasteiger partial charge in [0.15, 0.2) is 0 Å². The number of carboxylic acid groups (broad SMARTS) is 1. The van der Waals surface area contributed by atoms with Crippen molar-refractivity contribution in [2.75, 3.05) is 0 Å². The third kappa shape index (κ3) is 27.1. The molecule has 0 aliphatic carbocycles. The molecule has 0 aliphatic rings. The summed E-state index contributed by atoms with van der Waals surface area (Å²) in [5, 5.41) is 8.76. The highest BCUT2D eigenvalue weighted by atomic mass is 16.5. The first-order valence-electron chi connectivity index (χ1n) is 15.2. The maximum Gasteiger partial charge on any atom is 0.306 e. The number of carboxylic acids is 1. The van der Waals surface area contributed by atoms with Crippen molar-refractivity contribution < 1.29 is 19.4 Å². The van der Waals surface area contributed by atoms with Crippen LogP contribution < -0.4 is 0 Å². The molecule has 1 atom stereocenters. The van der Waals surface area contributed by atoms with Crippen molar-refractivity contribution in [2.24, 2.45) is 0 Å². The number of esters is 1. The second-order valence-corrected chi connectivity index (χ2v) is 10.3. The fourth-order valence-corrected chi connectivity index (χ4v) is 4.47. The summed E-state index contributed by atoms with van der Waals surface area (Å²) in [6.45, 7) is 4.48. The quantitative estimate of drug-likeness (QED) is 0.0701. The predicted molar refractivity (Wildman–Crippen MR) is 149 cm³/mol. The fraction of sp³-hybridized carbons (Fsp3) is 0.871. The van der Waals surface area contributed by atoms with Crippen molar-refractivity contribution in [2.45, 2.75) is 174 Å². The van der Waals surface area contributed by atoms with E-state index in [0.29, 0.717) is 6.42 Å². The average Bonchev–Trinajstić information content (AvgIpc) is 2.83. The zero-order chi connectivity index (χ0) is 25.8. The van der Waals surface area contributed by atoms with E-state index in [1.807, 2.05) is 0 Å². The second kappa shape index (κ2) is 27.3. The molecule has 0 saturated carbocycles. The number of ether oxygens (including phenoxy) is 1. The summed E-state index contributed by atoms with van der Waals surface area (Å²) in [5.74, 6) is -0.739. The van der Waals surface area contributed by atoms with Gasteiger partial charge >= 0.3 is 11.9 Å². The third-order valence-electron chi connectivity index (χ3n) is 6.74. The Morgan fingerprint density at radius 3 is 1.60 bits per heavy atom. The lowest BCUT2D eigenvalue weighted by molar-refractivity contribution is -0.150. The second-order valence-electron chi connectivity index (χ2n) is 10.3. The SMILES string of the molecule is CCCCC/C=C\CCCCCCCC(=O)OC(CCCCCCCC)CCCCCCC(=O)O. The third-order valence-corrected chi connectivity index (χ3v) is 6.74. The molecular formula is C31H58O4. The molecule has 0 bridgehead atoms. The number of carbonyl (C=O) groups is 2. The molecule has 206 valence electrons. The van der Waals surface area contributed by atoms with Crippen LogP contribution in [0.15, 0.2) is 12.2 Å². The largest absolute Gasteiger partial charge is 0.481 e. The number of allylic oxidation sites excluding steroid dienone is 2. The van der Waals surface area contributed by atoms with E-state index in [1.54, 1.807) is 0 Å². The molecule has 4 nitrogen and oxygen atoms in total. The van der Waals surface area contributed by atoms with Crippen molar-refractivity contribution in [3.63, 3.8) is 0 Å². The minimum Gasteiger partial charge on any atom is -0.481 e. The van der Waals surface area contributed by atoms with Crippen molar-refractivity contribution in [3.8, 4) is 0 Å². The molecule has 0 radical (unpaired) electrons. The van der Waals surface area contributed by atoms with Crippen LogP contribution >= 0.6 is 0 Å². The number of hydrogen-bond donors (Lipinski definition) is 1. The lowest BCUT2D eigenvalue weighted by atomic mass is 10.0. The highest BCUT2D eigenvalue weighted by Gasteiger charge is 2.14. The number of unbranched alkanes of at least 4 members (excludes halogenated alkanes) is 16. The first kappa shape index (κ1) is 33.7. The van der Waals surface area contributed by atoms with Crippen LogP contribution in [0.25, 0.3) is 0 Å². The Labute approximate surface area is 217 Å². The molecule has 0 aromatic heterocycles. The number of aliphatic carboxylic acids is 1. The lowest BCUT2D eigenvalue weighted by Crippen LogP contribution is -2.18. The van der Waals surface area contributed by atoms with Gasteiger partial charge in [0.25, 0.3) is 0 Å². The summed E-state index contributed by atoms with van der Waals surface area (Å²) in [5.41, 5.74) is 0. The molecule has 0 heterocycles. The molecule has 1 unspecified atom stereocenters. The topological polar surface area (TPSA) is 63.6 Å². The summed E-state index contributed by atoms with van der Waals surface area (Å²) in [7, 11) is 0. The highest BCUT2D eigenvalue weighted by molar-refractivity contribution is 5.69. The van der Waals surface area contributed by atoms with Gasteiger partial charge in [0, 0.05) is 12.8 Å². The zero-order valence-corrected chi connectivity index (χ0v) is 23.4. The van der Waals surface area contributed by atoms with E-state index >= 15 is 0 Å². The number of hydrogen-bond acceptors (Lipinski definition) is 3.